The number of hydrogen-bond acceptors (Lipinski definition) is 4. The van der Waals surface area contributed by atoms with Crippen LogP contribution in [0.15, 0.2) is 24.9 Å². The number of aromatic amines is 2. The van der Waals surface area contributed by atoms with Gasteiger partial charge in [-0.25, -0.2) is 9.59 Å². The van der Waals surface area contributed by atoms with Gasteiger partial charge in [0.2, 0.25) is 5.71 Å². The van der Waals surface area contributed by atoms with Crippen LogP contribution in [0.5, 0.6) is 0 Å². The monoisotopic (exact) mass is 290 g/mol. The van der Waals surface area contributed by atoms with Gasteiger partial charge in [-0.15, -0.1) is 0 Å². The lowest BCUT2D eigenvalue weighted by Crippen LogP contribution is -2.24. The van der Waals surface area contributed by atoms with Crippen LogP contribution in [0, 0.1) is 5.92 Å². The molecule has 0 aromatic carbocycles. The molecular formula is C15H18N2O4. The van der Waals surface area contributed by atoms with Gasteiger partial charge in [0.1, 0.15) is 5.39 Å². The summed E-state index contributed by atoms with van der Waals surface area (Å²) < 4.78 is 4.92. The number of hydrogen-bond donors (Lipinski definition) is 2. The molecule has 2 aromatic rings. The van der Waals surface area contributed by atoms with Crippen molar-refractivity contribution in [1.82, 2.24) is 9.97 Å². The summed E-state index contributed by atoms with van der Waals surface area (Å²) in [6, 6.07) is 1.36. The number of nitrogens with one attached hydrogen (secondary N) is 2. The summed E-state index contributed by atoms with van der Waals surface area (Å²) in [4.78, 5) is 39.3. The highest BCUT2D eigenvalue weighted by Gasteiger charge is 2.16. The van der Waals surface area contributed by atoms with Crippen molar-refractivity contribution < 1.29 is 4.42 Å². The zero-order valence-corrected chi connectivity index (χ0v) is 11.7. The van der Waals surface area contributed by atoms with Crippen molar-refractivity contribution in [1.29, 1.82) is 0 Å². The molecule has 3 rings (SSSR count). The Morgan fingerprint density at radius 1 is 1.10 bits per heavy atom. The number of fused-ring (bicyclic) bond motifs is 1. The van der Waals surface area contributed by atoms with Crippen molar-refractivity contribution in [3.63, 3.8) is 0 Å². The largest absolute Gasteiger partial charge is 0.405 e. The fourth-order valence-electron chi connectivity index (χ4n) is 3.21. The van der Waals surface area contributed by atoms with Crippen molar-refractivity contribution in [2.24, 2.45) is 5.92 Å². The molecule has 2 aromatic heterocycles. The van der Waals surface area contributed by atoms with Crippen LogP contribution < -0.4 is 16.9 Å². The van der Waals surface area contributed by atoms with Crippen LogP contribution in [-0.2, 0) is 6.42 Å². The lowest BCUT2D eigenvalue weighted by molar-refractivity contribution is 0.339. The van der Waals surface area contributed by atoms with E-state index in [2.05, 4.69) is 9.97 Å². The normalized spacial score (nSPS) is 16.4. The minimum absolute atomic E-state index is 0.0325. The van der Waals surface area contributed by atoms with E-state index in [1.807, 2.05) is 0 Å². The summed E-state index contributed by atoms with van der Waals surface area (Å²) in [7, 11) is 0. The maximum Gasteiger partial charge on any atom is 0.337 e. The molecule has 6 heteroatoms. The smallest absolute Gasteiger partial charge is 0.337 e. The van der Waals surface area contributed by atoms with E-state index < -0.39 is 16.9 Å². The van der Waals surface area contributed by atoms with Crippen molar-refractivity contribution in [2.75, 3.05) is 0 Å². The van der Waals surface area contributed by atoms with E-state index >= 15 is 0 Å². The van der Waals surface area contributed by atoms with Crippen molar-refractivity contribution in [3.8, 4) is 0 Å². The Bertz CT molecular complexity index is 804. The predicted octanol–water partition coefficient (Wildman–Crippen LogP) is 1.68. The van der Waals surface area contributed by atoms with Gasteiger partial charge in [0, 0.05) is 6.07 Å². The second-order valence-corrected chi connectivity index (χ2v) is 5.75. The minimum atomic E-state index is -0.667. The topological polar surface area (TPSA) is 95.9 Å². The van der Waals surface area contributed by atoms with E-state index in [9.17, 15) is 14.4 Å². The Kier molecular flexibility index (Phi) is 3.77. The van der Waals surface area contributed by atoms with Crippen LogP contribution in [0.2, 0.25) is 0 Å². The van der Waals surface area contributed by atoms with Gasteiger partial charge in [0.05, 0.1) is 0 Å². The minimum Gasteiger partial charge on any atom is -0.405 e. The lowest BCUT2D eigenvalue weighted by Gasteiger charge is -2.21. The van der Waals surface area contributed by atoms with Gasteiger partial charge in [-0.3, -0.25) is 14.8 Å². The van der Waals surface area contributed by atoms with Gasteiger partial charge in [0.25, 0.3) is 5.56 Å². The van der Waals surface area contributed by atoms with E-state index in [1.165, 1.54) is 38.2 Å². The molecule has 0 unspecified atom stereocenters. The summed E-state index contributed by atoms with van der Waals surface area (Å²) >= 11 is 0. The third-order valence-electron chi connectivity index (χ3n) is 4.27. The van der Waals surface area contributed by atoms with Crippen LogP contribution in [0.25, 0.3) is 11.1 Å². The zero-order chi connectivity index (χ0) is 14.8. The Morgan fingerprint density at radius 2 is 1.86 bits per heavy atom. The van der Waals surface area contributed by atoms with Gasteiger partial charge in [-0.2, -0.15) is 0 Å². The summed E-state index contributed by atoms with van der Waals surface area (Å²) in [6.45, 7) is 0. The molecule has 1 aliphatic carbocycles. The Morgan fingerprint density at radius 3 is 2.62 bits per heavy atom. The molecule has 1 aliphatic rings. The molecule has 0 saturated heterocycles. The van der Waals surface area contributed by atoms with Gasteiger partial charge >= 0.3 is 11.3 Å². The maximum absolute atomic E-state index is 11.9. The second-order valence-electron chi connectivity index (χ2n) is 5.75. The van der Waals surface area contributed by atoms with Crippen LogP contribution >= 0.6 is 0 Å². The predicted molar refractivity (Wildman–Crippen MR) is 78.6 cm³/mol. The SMILES string of the molecule is O=c1[nH]c(=O)c2c(CCC3CCCCC3)cc(=O)oc2[nH]1. The molecule has 112 valence electrons. The Balaban J connectivity index is 1.95. The van der Waals surface area contributed by atoms with E-state index in [0.717, 1.165) is 6.42 Å². The molecule has 0 aliphatic heterocycles. The van der Waals surface area contributed by atoms with Crippen LogP contribution in [0.1, 0.15) is 44.1 Å². The van der Waals surface area contributed by atoms with Gasteiger partial charge in [-0.05, 0) is 24.3 Å². The summed E-state index contributed by atoms with van der Waals surface area (Å²) in [5, 5.41) is 0.282. The highest BCUT2D eigenvalue weighted by Crippen LogP contribution is 2.27. The van der Waals surface area contributed by atoms with Gasteiger partial charge < -0.3 is 4.42 Å². The summed E-state index contributed by atoms with van der Waals surface area (Å²) in [5.41, 5.74) is -1.09. The molecule has 2 heterocycles. The Hall–Kier alpha value is -2.11. The molecule has 0 spiro atoms. The first-order valence-electron chi connectivity index (χ1n) is 7.43. The molecule has 1 fully saturated rings. The van der Waals surface area contributed by atoms with Crippen molar-refractivity contribution in [2.45, 2.75) is 44.9 Å². The molecule has 0 amide bonds. The van der Waals surface area contributed by atoms with Crippen LogP contribution in [0.3, 0.4) is 0 Å². The number of rotatable bonds is 3. The second kappa shape index (κ2) is 5.71. The highest BCUT2D eigenvalue weighted by molar-refractivity contribution is 5.75. The first kappa shape index (κ1) is 13.9. The highest BCUT2D eigenvalue weighted by atomic mass is 16.4. The molecule has 1 saturated carbocycles. The third kappa shape index (κ3) is 2.99. The quantitative estimate of drug-likeness (QED) is 0.899. The number of aromatic nitrogens is 2. The average Bonchev–Trinajstić information content (AvgIpc) is 2.44. The molecule has 6 nitrogen and oxygen atoms in total. The molecule has 0 atom stereocenters. The fraction of sp³-hybridized carbons (Fsp3) is 0.533. The standard InChI is InChI=1S/C15H18N2O4/c18-11-8-10(7-6-9-4-2-1-3-5-9)12-13(19)16-15(20)17-14(12)21-11/h8-9H,1-7H2,(H2,16,17,19,20). The zero-order valence-electron chi connectivity index (χ0n) is 11.7. The molecule has 21 heavy (non-hydrogen) atoms. The van der Waals surface area contributed by atoms with Crippen molar-refractivity contribution in [3.05, 3.63) is 42.9 Å². The van der Waals surface area contributed by atoms with Gasteiger partial charge in [-0.1, -0.05) is 32.1 Å². The average molecular weight is 290 g/mol. The molecule has 0 radical (unpaired) electrons. The van der Waals surface area contributed by atoms with Gasteiger partial charge in [0.15, 0.2) is 0 Å². The lowest BCUT2D eigenvalue weighted by atomic mass is 9.85. The van der Waals surface area contributed by atoms with E-state index in [1.54, 1.807) is 0 Å². The Labute approximate surface area is 120 Å². The van der Waals surface area contributed by atoms with Crippen LogP contribution in [0.4, 0.5) is 0 Å². The number of H-pyrrole nitrogens is 2. The maximum atomic E-state index is 11.9. The van der Waals surface area contributed by atoms with E-state index in [-0.39, 0.29) is 11.1 Å². The first-order valence-corrected chi connectivity index (χ1v) is 7.43. The third-order valence-corrected chi connectivity index (χ3v) is 4.27. The molecule has 0 bridgehead atoms. The first-order chi connectivity index (χ1) is 10.1. The van der Waals surface area contributed by atoms with Crippen molar-refractivity contribution >= 4 is 11.1 Å². The summed E-state index contributed by atoms with van der Waals surface area (Å²) in [6.07, 6.45) is 7.86. The van der Waals surface area contributed by atoms with E-state index in [0.29, 0.717) is 17.9 Å². The molecular weight excluding hydrogens is 272 g/mol. The fourth-order valence-corrected chi connectivity index (χ4v) is 3.21. The number of aryl methyl sites for hydroxylation is 1. The molecule has 2 N–H and O–H groups in total. The van der Waals surface area contributed by atoms with Crippen LogP contribution in [-0.4, -0.2) is 9.97 Å². The summed E-state index contributed by atoms with van der Waals surface area (Å²) in [5.74, 6) is 0.655. The van der Waals surface area contributed by atoms with E-state index in [4.69, 9.17) is 4.42 Å².